The predicted molar refractivity (Wildman–Crippen MR) is 252 cm³/mol. The van der Waals surface area contributed by atoms with E-state index in [2.05, 4.69) is 82.2 Å². The highest BCUT2D eigenvalue weighted by molar-refractivity contribution is 7.09. The van der Waals surface area contributed by atoms with E-state index >= 15 is 0 Å². The molecule has 2 aliphatic heterocycles. The Bertz CT molecular complexity index is 2230. The average Bonchev–Trinajstić information content (AvgIpc) is 3.84. The van der Waals surface area contributed by atoms with Crippen LogP contribution in [0.5, 0.6) is 0 Å². The Morgan fingerprint density at radius 3 is 2.59 bits per heavy atom. The molecule has 1 aliphatic carbocycles. The van der Waals surface area contributed by atoms with Crippen molar-refractivity contribution in [2.75, 3.05) is 53.6 Å². The molecule has 5 N–H and O–H groups in total. The van der Waals surface area contributed by atoms with Gasteiger partial charge in [0.2, 0.25) is 0 Å². The molecule has 3 aliphatic rings. The zero-order valence-electron chi connectivity index (χ0n) is 38.9. The Hall–Kier alpha value is -4.28. The molecule has 2 fully saturated rings. The smallest absolute Gasteiger partial charge is 0.410 e. The van der Waals surface area contributed by atoms with Crippen LogP contribution in [0.3, 0.4) is 0 Å². The van der Waals surface area contributed by atoms with Crippen molar-refractivity contribution in [1.29, 1.82) is 0 Å². The molecular weight excluding hydrogens is 833 g/mol. The minimum Gasteiger partial charge on any atom is -0.444 e. The number of amides is 1. The average molecular weight is 901 g/mol. The van der Waals surface area contributed by atoms with Gasteiger partial charge in [0.05, 0.1) is 41.2 Å². The first-order chi connectivity index (χ1) is 30.6. The van der Waals surface area contributed by atoms with E-state index in [-0.39, 0.29) is 30.7 Å². The van der Waals surface area contributed by atoms with Gasteiger partial charge in [-0.15, -0.1) is 11.3 Å². The van der Waals surface area contributed by atoms with Crippen molar-refractivity contribution in [2.45, 2.75) is 117 Å². The number of allylic oxidation sites excluding steroid dienone is 3. The number of benzene rings is 1. The maximum atomic E-state index is 12.7. The van der Waals surface area contributed by atoms with Gasteiger partial charge in [0, 0.05) is 99.8 Å². The van der Waals surface area contributed by atoms with Gasteiger partial charge in [0.15, 0.2) is 0 Å². The van der Waals surface area contributed by atoms with E-state index in [9.17, 15) is 9.59 Å². The van der Waals surface area contributed by atoms with Gasteiger partial charge in [-0.3, -0.25) is 21.2 Å². The van der Waals surface area contributed by atoms with Crippen molar-refractivity contribution >= 4 is 46.4 Å². The zero-order valence-corrected chi connectivity index (χ0v) is 39.7. The van der Waals surface area contributed by atoms with Crippen LogP contribution < -0.4 is 17.0 Å². The van der Waals surface area contributed by atoms with Crippen molar-refractivity contribution in [3.05, 3.63) is 57.1 Å². The van der Waals surface area contributed by atoms with Gasteiger partial charge < -0.3 is 29.5 Å². The molecule has 2 aromatic heterocycles. The first kappa shape index (κ1) is 49.2. The molecule has 6 rings (SSSR count). The molecule has 1 aromatic carbocycles. The van der Waals surface area contributed by atoms with Crippen LogP contribution in [0.25, 0.3) is 27.7 Å². The number of rotatable bonds is 19. The maximum absolute atomic E-state index is 12.7. The Labute approximate surface area is 382 Å². The number of hydrogen-bond donors (Lipinski definition) is 3. The number of hydrazine groups is 1. The number of aliphatic imine (C=N–C) groups is 1. The highest BCUT2D eigenvalue weighted by Gasteiger charge is 2.35. The Kier molecular flexibility index (Phi) is 17.1. The minimum atomic E-state index is -0.623. The monoisotopic (exact) mass is 900 g/mol. The lowest BCUT2D eigenvalue weighted by Gasteiger charge is -2.37. The quantitative estimate of drug-likeness (QED) is 0.0139. The summed E-state index contributed by atoms with van der Waals surface area (Å²) in [6.07, 6.45) is 11.3. The minimum absolute atomic E-state index is 0.0609. The van der Waals surface area contributed by atoms with Crippen LogP contribution in [0.15, 0.2) is 40.2 Å². The summed E-state index contributed by atoms with van der Waals surface area (Å²) >= 11 is 1.59. The van der Waals surface area contributed by atoms with Crippen LogP contribution in [-0.2, 0) is 54.9 Å². The number of hydrogen-bond acceptors (Lipinski definition) is 14. The van der Waals surface area contributed by atoms with Gasteiger partial charge in [0.1, 0.15) is 18.1 Å². The number of nitrogens with two attached hydrogens (primary N) is 2. The highest BCUT2D eigenvalue weighted by Crippen LogP contribution is 2.42. The molecule has 3 aromatic rings. The molecule has 4 heterocycles. The zero-order chi connectivity index (χ0) is 46.0. The predicted octanol–water partition coefficient (Wildman–Crippen LogP) is 6.42. The molecule has 15 nitrogen and oxygen atoms in total. The Morgan fingerprint density at radius 2 is 1.91 bits per heavy atom. The van der Waals surface area contributed by atoms with Gasteiger partial charge in [-0.1, -0.05) is 30.7 Å². The first-order valence-corrected chi connectivity index (χ1v) is 23.3. The fraction of sp³-hybridized carbons (Fsp3) is 0.583. The topological polar surface area (TPSA) is 181 Å². The SMILES string of the molecule is CN=C/C(C#C[C@@H](C)N1CCN(C(=O)OC(C)(C)C)CC1)=C\C(=C\COC)c1c(CC(C)(C)COOO[C@@H](N)C2CC(NN)C2)c2cc(-c3csc(CCC=O)n3)cc3c2n1CCC3. The lowest BCUT2D eigenvalue weighted by molar-refractivity contribution is -0.535. The summed E-state index contributed by atoms with van der Waals surface area (Å²) < 4.78 is 13.8. The summed E-state index contributed by atoms with van der Waals surface area (Å²) in [4.78, 5) is 48.5. The third kappa shape index (κ3) is 12.7. The third-order valence-corrected chi connectivity index (χ3v) is 12.8. The summed E-state index contributed by atoms with van der Waals surface area (Å²) in [5.41, 5.74) is 16.5. The van der Waals surface area contributed by atoms with E-state index < -0.39 is 17.2 Å². The molecule has 64 heavy (non-hydrogen) atoms. The molecule has 0 spiro atoms. The van der Waals surface area contributed by atoms with Gasteiger partial charge in [-0.25, -0.2) is 14.7 Å². The standard InChI is InChI=1S/C48H68N8O7S/c1-32(54-17-19-55(20-18-54)46(58)61-47(2,3)4)13-14-33(29-51-7)23-35(15-22-59-8)44-40(28-48(5,6)31-60-63-62-45(49)37-25-38(26-37)53-50)39-27-36(24-34-11-9-16-56(44)43(34)39)41-30-64-42(52-41)12-10-21-57/h15,21,23-24,27,29-30,32,37-38,45,53H,9-12,16-20,22,25-26,28,31,49-50H2,1-8H3/b33-23-,35-15-,51-29?/t32-,37?,38?,45-/m1/s1. The van der Waals surface area contributed by atoms with Crippen LogP contribution in [0.2, 0.25) is 0 Å². The summed E-state index contributed by atoms with van der Waals surface area (Å²) in [7, 11) is 3.45. The number of aryl methyl sites for hydroxylation is 3. The van der Waals surface area contributed by atoms with Crippen molar-refractivity contribution in [3.8, 4) is 23.1 Å². The normalized spacial score (nSPS) is 19.7. The summed E-state index contributed by atoms with van der Waals surface area (Å²) in [5.74, 6) is 12.6. The van der Waals surface area contributed by atoms with Gasteiger partial charge in [0.25, 0.3) is 0 Å². The summed E-state index contributed by atoms with van der Waals surface area (Å²) in [6.45, 7) is 16.1. The van der Waals surface area contributed by atoms with E-state index in [0.29, 0.717) is 52.0 Å². The highest BCUT2D eigenvalue weighted by atomic mass is 32.1. The summed E-state index contributed by atoms with van der Waals surface area (Å²) in [6, 6.07) is 4.72. The maximum Gasteiger partial charge on any atom is 0.410 e. The lowest BCUT2D eigenvalue weighted by atomic mass is 9.79. The molecule has 0 unspecified atom stereocenters. The van der Waals surface area contributed by atoms with Crippen molar-refractivity contribution in [3.63, 3.8) is 0 Å². The molecule has 0 bridgehead atoms. The lowest BCUT2D eigenvalue weighted by Crippen LogP contribution is -2.52. The third-order valence-electron chi connectivity index (χ3n) is 11.9. The number of ether oxygens (including phenoxy) is 2. The number of thiazole rings is 1. The van der Waals surface area contributed by atoms with E-state index in [1.54, 1.807) is 30.4 Å². The largest absolute Gasteiger partial charge is 0.444 e. The van der Waals surface area contributed by atoms with Crippen molar-refractivity contribution < 1.29 is 33.9 Å². The van der Waals surface area contributed by atoms with Crippen molar-refractivity contribution in [2.24, 2.45) is 27.9 Å². The van der Waals surface area contributed by atoms with Gasteiger partial charge >= 0.3 is 6.09 Å². The number of aldehydes is 1. The molecule has 16 heteroatoms. The number of piperazine rings is 1. The molecular formula is C48H68N8O7S. The molecule has 1 saturated carbocycles. The Balaban J connectivity index is 1.34. The van der Waals surface area contributed by atoms with E-state index in [4.69, 9.17) is 40.8 Å². The van der Waals surface area contributed by atoms with Crippen molar-refractivity contribution in [1.82, 2.24) is 24.8 Å². The fourth-order valence-electron chi connectivity index (χ4n) is 8.52. The van der Waals surface area contributed by atoms with Gasteiger partial charge in [-0.05, 0) is 106 Å². The number of carbonyl (C=O) groups is 2. The summed E-state index contributed by atoms with van der Waals surface area (Å²) in [5, 5.41) is 9.46. The van der Waals surface area contributed by atoms with Crippen LogP contribution in [-0.4, -0.2) is 115 Å². The van der Waals surface area contributed by atoms with Crippen LogP contribution in [0.1, 0.15) is 89.1 Å². The van der Waals surface area contributed by atoms with Crippen LogP contribution in [0, 0.1) is 23.2 Å². The fourth-order valence-corrected chi connectivity index (χ4v) is 9.35. The second-order valence-corrected chi connectivity index (χ2v) is 19.8. The van der Waals surface area contributed by atoms with E-state index in [0.717, 1.165) is 82.6 Å². The van der Waals surface area contributed by atoms with Crippen LogP contribution in [0.4, 0.5) is 4.79 Å². The number of nitrogens with zero attached hydrogens (tertiary/aromatic N) is 5. The second kappa shape index (κ2) is 22.3. The molecule has 1 saturated heterocycles. The number of nitrogens with one attached hydrogen (secondary N) is 1. The second-order valence-electron chi connectivity index (χ2n) is 18.8. The van der Waals surface area contributed by atoms with Gasteiger partial charge in [-0.2, -0.15) is 4.89 Å². The molecule has 348 valence electrons. The molecule has 1 amide bonds. The Morgan fingerprint density at radius 1 is 1.14 bits per heavy atom. The number of carbonyl (C=O) groups excluding carboxylic acids is 2. The molecule has 0 radical (unpaired) electrons. The number of aromatic nitrogens is 2. The number of methoxy groups -OCH3 is 1. The van der Waals surface area contributed by atoms with Crippen LogP contribution >= 0.6 is 11.3 Å². The molecule has 2 atom stereocenters. The van der Waals surface area contributed by atoms with E-state index in [1.807, 2.05) is 27.0 Å². The first-order valence-electron chi connectivity index (χ1n) is 22.4. The van der Waals surface area contributed by atoms with E-state index in [1.165, 1.54) is 11.1 Å².